The normalized spacial score (nSPS) is 18.9. The average Bonchev–Trinajstić information content (AvgIpc) is 3.22. The van der Waals surface area contributed by atoms with Gasteiger partial charge < -0.3 is 10.4 Å². The summed E-state index contributed by atoms with van der Waals surface area (Å²) in [6, 6.07) is 9.51. The molecule has 1 atom stereocenters. The number of sulfonamides is 1. The van der Waals surface area contributed by atoms with Gasteiger partial charge in [-0.2, -0.15) is 17.5 Å². The van der Waals surface area contributed by atoms with Crippen LogP contribution in [0.1, 0.15) is 35.1 Å². The molecule has 2 aliphatic heterocycles. The molecule has 216 valence electrons. The summed E-state index contributed by atoms with van der Waals surface area (Å²) >= 11 is 0. The second-order valence-electron chi connectivity index (χ2n) is 9.61. The summed E-state index contributed by atoms with van der Waals surface area (Å²) in [5.74, 6) is -0.431. The molecule has 40 heavy (non-hydrogen) atoms. The Hall–Kier alpha value is -2.91. The van der Waals surface area contributed by atoms with Gasteiger partial charge in [0.1, 0.15) is 22.4 Å². The molecule has 1 saturated heterocycles. The largest absolute Gasteiger partial charge is 0.416 e. The maximum atomic E-state index is 13.1. The van der Waals surface area contributed by atoms with Crippen LogP contribution in [0.2, 0.25) is 0 Å². The van der Waals surface area contributed by atoms with E-state index in [9.17, 15) is 30.6 Å². The average molecular weight is 599 g/mol. The van der Waals surface area contributed by atoms with E-state index in [1.54, 1.807) is 32.2 Å². The summed E-state index contributed by atoms with van der Waals surface area (Å²) in [7, 11) is -3.69. The fourth-order valence-electron chi connectivity index (χ4n) is 4.54. The SMILES string of the molecule is Cc1cc(S(=O)N(C)CCO)ccc1/C=C/S(=O)(=O)N1CCC2(CC1)N=C(c1cccc(C(F)(F)F)c1)NC2=O. The number of amides is 1. The van der Waals surface area contributed by atoms with Crippen molar-refractivity contribution in [3.8, 4) is 0 Å². The summed E-state index contributed by atoms with van der Waals surface area (Å²) in [6.07, 6.45) is -2.93. The maximum Gasteiger partial charge on any atom is 0.416 e. The Bertz CT molecular complexity index is 1480. The number of hydrogen-bond acceptors (Lipinski definition) is 6. The van der Waals surface area contributed by atoms with Gasteiger partial charge in [-0.15, -0.1) is 0 Å². The van der Waals surface area contributed by atoms with Gasteiger partial charge in [-0.3, -0.25) is 9.79 Å². The highest BCUT2D eigenvalue weighted by Gasteiger charge is 2.47. The first-order valence-electron chi connectivity index (χ1n) is 12.4. The van der Waals surface area contributed by atoms with Crippen LogP contribution in [0.5, 0.6) is 0 Å². The monoisotopic (exact) mass is 598 g/mol. The molecule has 2 N–H and O–H groups in total. The highest BCUT2D eigenvalue weighted by molar-refractivity contribution is 7.92. The number of nitrogens with one attached hydrogen (secondary N) is 1. The fraction of sp³-hybridized carbons (Fsp3) is 0.385. The number of hydrogen-bond donors (Lipinski definition) is 2. The number of alkyl halides is 3. The van der Waals surface area contributed by atoms with Crippen LogP contribution in [0.25, 0.3) is 6.08 Å². The number of amidine groups is 1. The first-order chi connectivity index (χ1) is 18.8. The number of aliphatic hydroxyl groups excluding tert-OH is 1. The summed E-state index contributed by atoms with van der Waals surface area (Å²) < 4.78 is 80.7. The van der Waals surface area contributed by atoms with Gasteiger partial charge in [0.25, 0.3) is 5.91 Å². The number of aryl methyl sites for hydroxylation is 1. The molecule has 1 spiro atoms. The van der Waals surface area contributed by atoms with Crippen LogP contribution in [0.15, 0.2) is 57.8 Å². The Morgan fingerprint density at radius 1 is 1.20 bits per heavy atom. The fourth-order valence-corrected chi connectivity index (χ4v) is 6.79. The van der Waals surface area contributed by atoms with E-state index in [0.29, 0.717) is 16.0 Å². The molecule has 0 aromatic heterocycles. The van der Waals surface area contributed by atoms with Gasteiger partial charge in [-0.25, -0.2) is 16.9 Å². The number of aliphatic hydroxyl groups is 1. The van der Waals surface area contributed by atoms with Crippen LogP contribution in [0, 0.1) is 6.92 Å². The van der Waals surface area contributed by atoms with E-state index < -0.39 is 44.2 Å². The van der Waals surface area contributed by atoms with Crippen molar-refractivity contribution in [2.75, 3.05) is 33.3 Å². The molecule has 1 amide bonds. The van der Waals surface area contributed by atoms with Crippen molar-refractivity contribution >= 4 is 38.8 Å². The van der Waals surface area contributed by atoms with Gasteiger partial charge in [-0.1, -0.05) is 18.2 Å². The van der Waals surface area contributed by atoms with Gasteiger partial charge in [0, 0.05) is 37.7 Å². The van der Waals surface area contributed by atoms with Gasteiger partial charge in [0.2, 0.25) is 10.0 Å². The summed E-state index contributed by atoms with van der Waals surface area (Å²) in [4.78, 5) is 17.8. The summed E-state index contributed by atoms with van der Waals surface area (Å²) in [6.45, 7) is 1.89. The Morgan fingerprint density at radius 2 is 1.90 bits per heavy atom. The molecule has 1 unspecified atom stereocenters. The third kappa shape index (κ3) is 6.36. The molecule has 0 aliphatic carbocycles. The molecule has 2 aliphatic rings. The molecule has 0 saturated carbocycles. The van der Waals surface area contributed by atoms with E-state index in [1.165, 1.54) is 26.8 Å². The quantitative estimate of drug-likeness (QED) is 0.485. The van der Waals surface area contributed by atoms with Gasteiger partial charge in [0.15, 0.2) is 0 Å². The molecule has 2 aromatic carbocycles. The van der Waals surface area contributed by atoms with Crippen LogP contribution in [0.3, 0.4) is 0 Å². The number of carbonyl (C=O) groups excluding carboxylic acids is 1. The molecule has 0 radical (unpaired) electrons. The first-order valence-corrected chi connectivity index (χ1v) is 15.0. The molecule has 2 heterocycles. The van der Waals surface area contributed by atoms with Crippen molar-refractivity contribution in [2.45, 2.75) is 36.4 Å². The molecule has 4 rings (SSSR count). The van der Waals surface area contributed by atoms with Crippen molar-refractivity contribution in [3.63, 3.8) is 0 Å². The topological polar surface area (TPSA) is 119 Å². The number of piperidine rings is 1. The van der Waals surface area contributed by atoms with E-state index >= 15 is 0 Å². The number of likely N-dealkylation sites (N-methyl/N-ethyl adjacent to an activating group) is 1. The zero-order chi connectivity index (χ0) is 29.3. The minimum absolute atomic E-state index is 0.00750. The van der Waals surface area contributed by atoms with Crippen molar-refractivity contribution < 1.29 is 35.7 Å². The lowest BCUT2D eigenvalue weighted by atomic mass is 9.89. The van der Waals surface area contributed by atoms with Crippen molar-refractivity contribution in [1.82, 2.24) is 13.9 Å². The van der Waals surface area contributed by atoms with Crippen molar-refractivity contribution in [3.05, 3.63) is 70.1 Å². The molecular formula is C26H29F3N4O5S2. The molecule has 14 heteroatoms. The van der Waals surface area contributed by atoms with Crippen LogP contribution >= 0.6 is 0 Å². The zero-order valence-electron chi connectivity index (χ0n) is 21.8. The van der Waals surface area contributed by atoms with Gasteiger partial charge in [0.05, 0.1) is 17.1 Å². The third-order valence-corrected chi connectivity index (χ3v) is 9.88. The van der Waals surface area contributed by atoms with E-state index in [-0.39, 0.29) is 50.5 Å². The standard InChI is InChI=1S/C26H29F3N4O5S2/c1-18-16-22(39(36)32(2)13-14-34)7-6-19(18)8-15-40(37,38)33-11-9-25(10-12-33)24(35)30-23(31-25)20-4-3-5-21(17-20)26(27,28)29/h3-8,15-17,34H,9-14H2,1-2H3,(H,30,31,35)/b15-8+. The second-order valence-corrected chi connectivity index (χ2v) is 13.0. The molecule has 9 nitrogen and oxygen atoms in total. The minimum atomic E-state index is -4.54. The lowest BCUT2D eigenvalue weighted by molar-refractivity contribution is -0.137. The number of halogens is 3. The minimum Gasteiger partial charge on any atom is -0.395 e. The highest BCUT2D eigenvalue weighted by atomic mass is 32.2. The lowest BCUT2D eigenvalue weighted by Crippen LogP contribution is -2.50. The summed E-state index contributed by atoms with van der Waals surface area (Å²) in [5, 5.41) is 12.7. The lowest BCUT2D eigenvalue weighted by Gasteiger charge is -2.34. The van der Waals surface area contributed by atoms with Gasteiger partial charge >= 0.3 is 6.18 Å². The van der Waals surface area contributed by atoms with E-state index in [0.717, 1.165) is 17.5 Å². The van der Waals surface area contributed by atoms with Crippen LogP contribution in [0.4, 0.5) is 13.2 Å². The highest BCUT2D eigenvalue weighted by Crippen LogP contribution is 2.34. The number of benzene rings is 2. The molecular weight excluding hydrogens is 569 g/mol. The molecule has 2 aromatic rings. The Labute approximate surface area is 233 Å². The number of carbonyl (C=O) groups is 1. The molecule has 1 fully saturated rings. The molecule has 0 bridgehead atoms. The smallest absolute Gasteiger partial charge is 0.395 e. The summed E-state index contributed by atoms with van der Waals surface area (Å²) in [5.41, 5.74) is -0.643. The zero-order valence-corrected chi connectivity index (χ0v) is 23.4. The van der Waals surface area contributed by atoms with Crippen molar-refractivity contribution in [1.29, 1.82) is 0 Å². The van der Waals surface area contributed by atoms with Gasteiger partial charge in [-0.05, 0) is 61.2 Å². The Morgan fingerprint density at radius 3 is 2.52 bits per heavy atom. The Balaban J connectivity index is 1.45. The van der Waals surface area contributed by atoms with Crippen LogP contribution < -0.4 is 5.32 Å². The van der Waals surface area contributed by atoms with Crippen LogP contribution in [-0.4, -0.2) is 76.9 Å². The third-order valence-electron chi connectivity index (χ3n) is 6.91. The Kier molecular flexibility index (Phi) is 8.66. The van der Waals surface area contributed by atoms with Crippen LogP contribution in [-0.2, 0) is 32.0 Å². The van der Waals surface area contributed by atoms with E-state index in [1.807, 2.05) is 0 Å². The predicted octanol–water partition coefficient (Wildman–Crippen LogP) is 2.67. The number of rotatable bonds is 8. The number of nitrogens with zero attached hydrogens (tertiary/aromatic N) is 3. The van der Waals surface area contributed by atoms with Crippen molar-refractivity contribution in [2.24, 2.45) is 4.99 Å². The first kappa shape index (κ1) is 30.1. The number of aliphatic imine (C=N–C) groups is 1. The van der Waals surface area contributed by atoms with E-state index in [4.69, 9.17) is 5.11 Å². The van der Waals surface area contributed by atoms with E-state index in [2.05, 4.69) is 10.3 Å². The maximum absolute atomic E-state index is 13.1. The predicted molar refractivity (Wildman–Crippen MR) is 145 cm³/mol. The second kappa shape index (κ2) is 11.5.